The van der Waals surface area contributed by atoms with E-state index in [-0.39, 0.29) is 23.8 Å². The van der Waals surface area contributed by atoms with Gasteiger partial charge in [-0.25, -0.2) is 4.52 Å². The highest BCUT2D eigenvalue weighted by Crippen LogP contribution is 2.65. The lowest BCUT2D eigenvalue weighted by Gasteiger charge is -2.34. The fourth-order valence-corrected chi connectivity index (χ4v) is 5.53. The van der Waals surface area contributed by atoms with Crippen LogP contribution >= 0.6 is 0 Å². The number of halogens is 3. The summed E-state index contributed by atoms with van der Waals surface area (Å²) in [6.45, 7) is 5.29. The summed E-state index contributed by atoms with van der Waals surface area (Å²) in [5.41, 5.74) is 0.946. The number of carbonyl (C=O) groups is 3. The Morgan fingerprint density at radius 1 is 1.31 bits per heavy atom. The number of amides is 3. The minimum atomic E-state index is -5.22. The monoisotopic (exact) mass is 544 g/mol. The number of nitriles is 1. The van der Waals surface area contributed by atoms with Gasteiger partial charge < -0.3 is 20.3 Å². The van der Waals surface area contributed by atoms with Crippen molar-refractivity contribution in [1.82, 2.24) is 25.1 Å². The molecule has 1 saturated carbocycles. The van der Waals surface area contributed by atoms with Crippen molar-refractivity contribution in [3.63, 3.8) is 0 Å². The Balaban J connectivity index is 1.63. The predicted molar refractivity (Wildman–Crippen MR) is 130 cm³/mol. The van der Waals surface area contributed by atoms with Crippen LogP contribution in [0.3, 0.4) is 0 Å². The van der Waals surface area contributed by atoms with Crippen LogP contribution in [0.1, 0.15) is 37.9 Å². The molecule has 2 aliphatic rings. The van der Waals surface area contributed by atoms with Gasteiger partial charge in [-0.2, -0.15) is 23.5 Å². The van der Waals surface area contributed by atoms with E-state index in [4.69, 9.17) is 11.2 Å². The highest BCUT2D eigenvalue weighted by molar-refractivity contribution is 5.95. The molecule has 13 heteroatoms. The van der Waals surface area contributed by atoms with Gasteiger partial charge in [0.25, 0.3) is 0 Å². The van der Waals surface area contributed by atoms with Crippen molar-refractivity contribution >= 4 is 23.2 Å². The van der Waals surface area contributed by atoms with Crippen LogP contribution in [0.4, 0.5) is 13.2 Å². The molecule has 0 radical (unpaired) electrons. The number of fused-ring (bicyclic) bond motifs is 2. The van der Waals surface area contributed by atoms with Gasteiger partial charge >= 0.3 is 12.1 Å². The maximum absolute atomic E-state index is 13.7. The molecule has 0 bridgehead atoms. The molecular formula is C26H27F3N6O4. The van der Waals surface area contributed by atoms with Gasteiger partial charge in [0.15, 0.2) is 0 Å². The van der Waals surface area contributed by atoms with E-state index in [9.17, 15) is 32.8 Å². The van der Waals surface area contributed by atoms with Crippen molar-refractivity contribution < 1.29 is 32.3 Å². The highest BCUT2D eigenvalue weighted by atomic mass is 19.4. The van der Waals surface area contributed by atoms with Gasteiger partial charge in [0, 0.05) is 25.4 Å². The number of carbonyl (C=O) groups excluding carboxylic acids is 3. The SMILES string of the molecule is C#Cc1cccn2ncc(C(C#N)NC(=O)C3C4[C@H](CN3C(=O)C(NC(=O)C(F)(F)F)C(C)OC)C4(C)C)c12. The standard InChI is InChI=1S/C26H27F3N6O4/c1-6-14-8-7-9-35-20(14)15(11-31-35)17(10-30)32-22(36)21-18-16(25(18,3)4)12-34(21)23(37)19(13(2)39-5)33-24(38)26(27,28)29/h1,7-9,11,13,16-19,21H,12H2,2-5H3,(H,32,36)(H,33,38)/t13?,16-,17?,18?,19?,21?/m0/s1. The number of aromatic nitrogens is 2. The summed E-state index contributed by atoms with van der Waals surface area (Å²) in [6.07, 6.45) is 2.31. The molecule has 2 fully saturated rings. The van der Waals surface area contributed by atoms with Crippen molar-refractivity contribution in [2.75, 3.05) is 13.7 Å². The van der Waals surface area contributed by atoms with Crippen molar-refractivity contribution in [3.05, 3.63) is 35.7 Å². The van der Waals surface area contributed by atoms with E-state index in [0.29, 0.717) is 16.6 Å². The highest BCUT2D eigenvalue weighted by Gasteiger charge is 2.69. The lowest BCUT2D eigenvalue weighted by atomic mass is 9.98. The van der Waals surface area contributed by atoms with E-state index in [1.807, 2.05) is 19.9 Å². The number of methoxy groups -OCH3 is 1. The number of hydrogen-bond donors (Lipinski definition) is 2. The Morgan fingerprint density at radius 3 is 2.59 bits per heavy atom. The largest absolute Gasteiger partial charge is 0.471 e. The Morgan fingerprint density at radius 2 is 2.00 bits per heavy atom. The molecule has 0 aromatic carbocycles. The zero-order valence-corrected chi connectivity index (χ0v) is 21.6. The number of likely N-dealkylation sites (tertiary alicyclic amines) is 1. The van der Waals surface area contributed by atoms with Crippen LogP contribution < -0.4 is 10.6 Å². The molecule has 4 rings (SSSR count). The molecule has 3 heterocycles. The first-order chi connectivity index (χ1) is 18.3. The van der Waals surface area contributed by atoms with Gasteiger partial charge in [-0.3, -0.25) is 14.4 Å². The van der Waals surface area contributed by atoms with Crippen LogP contribution in [0.15, 0.2) is 24.5 Å². The van der Waals surface area contributed by atoms with Gasteiger partial charge in [0.05, 0.1) is 29.5 Å². The normalized spacial score (nSPS) is 23.6. The molecule has 10 nitrogen and oxygen atoms in total. The van der Waals surface area contributed by atoms with Crippen molar-refractivity contribution in [2.24, 2.45) is 17.3 Å². The van der Waals surface area contributed by atoms with E-state index in [1.54, 1.807) is 23.6 Å². The van der Waals surface area contributed by atoms with Gasteiger partial charge in [0.1, 0.15) is 18.1 Å². The summed E-state index contributed by atoms with van der Waals surface area (Å²) >= 11 is 0. The van der Waals surface area contributed by atoms with Crippen LogP contribution in [-0.4, -0.2) is 70.3 Å². The van der Waals surface area contributed by atoms with Gasteiger partial charge in [-0.1, -0.05) is 19.8 Å². The molecule has 2 aromatic heterocycles. The Hall–Kier alpha value is -4.10. The topological polar surface area (TPSA) is 129 Å². The van der Waals surface area contributed by atoms with Crippen molar-refractivity contribution in [1.29, 1.82) is 5.26 Å². The maximum Gasteiger partial charge on any atom is 0.471 e. The van der Waals surface area contributed by atoms with E-state index in [0.717, 1.165) is 0 Å². The Kier molecular flexibility index (Phi) is 7.08. The number of alkyl halides is 3. The number of piperidine rings is 1. The van der Waals surface area contributed by atoms with Crippen LogP contribution in [0.2, 0.25) is 0 Å². The fraction of sp³-hybridized carbons (Fsp3) is 0.500. The first-order valence-electron chi connectivity index (χ1n) is 12.1. The molecule has 0 spiro atoms. The Labute approximate surface area is 222 Å². The van der Waals surface area contributed by atoms with Crippen LogP contribution in [-0.2, 0) is 19.1 Å². The summed E-state index contributed by atoms with van der Waals surface area (Å²) in [6, 6.07) is 1.42. The van der Waals surface area contributed by atoms with Gasteiger partial charge in [0.2, 0.25) is 11.8 Å². The summed E-state index contributed by atoms with van der Waals surface area (Å²) in [4.78, 5) is 40.0. The molecular weight excluding hydrogens is 517 g/mol. The van der Waals surface area contributed by atoms with Crippen LogP contribution in [0.5, 0.6) is 0 Å². The second-order valence-corrected chi connectivity index (χ2v) is 10.3. The molecule has 1 aliphatic carbocycles. The number of ether oxygens (including phenoxy) is 1. The average Bonchev–Trinajstić information content (AvgIpc) is 3.26. The van der Waals surface area contributed by atoms with Crippen molar-refractivity contribution in [2.45, 2.75) is 51.2 Å². The van der Waals surface area contributed by atoms with Crippen molar-refractivity contribution in [3.8, 4) is 18.4 Å². The third kappa shape index (κ3) is 4.79. The minimum absolute atomic E-state index is 0.0958. The molecule has 1 aliphatic heterocycles. The number of nitrogens with one attached hydrogen (secondary N) is 2. The van der Waals surface area contributed by atoms with Crippen LogP contribution in [0, 0.1) is 40.9 Å². The van der Waals surface area contributed by atoms with Gasteiger partial charge in [-0.05, 0) is 36.3 Å². The van der Waals surface area contributed by atoms with E-state index in [1.165, 1.54) is 29.6 Å². The van der Waals surface area contributed by atoms with Gasteiger partial charge in [-0.15, -0.1) is 6.42 Å². The predicted octanol–water partition coefficient (Wildman–Crippen LogP) is 1.56. The average molecular weight is 545 g/mol. The Bertz CT molecular complexity index is 1410. The van der Waals surface area contributed by atoms with E-state index in [2.05, 4.69) is 16.3 Å². The molecule has 6 atom stereocenters. The number of hydrogen-bond acceptors (Lipinski definition) is 6. The summed E-state index contributed by atoms with van der Waals surface area (Å²) in [5.74, 6) is -1.71. The number of nitrogens with zero attached hydrogens (tertiary/aromatic N) is 4. The molecule has 206 valence electrons. The smallest absolute Gasteiger partial charge is 0.379 e. The van der Waals surface area contributed by atoms with E-state index >= 15 is 0 Å². The number of rotatable bonds is 7. The van der Waals surface area contributed by atoms with E-state index < -0.39 is 48.1 Å². The quantitative estimate of drug-likeness (QED) is 0.509. The zero-order chi connectivity index (χ0) is 28.9. The molecule has 2 N–H and O–H groups in total. The second kappa shape index (κ2) is 9.89. The first-order valence-corrected chi connectivity index (χ1v) is 12.1. The lowest BCUT2D eigenvalue weighted by Crippen LogP contribution is -2.60. The minimum Gasteiger partial charge on any atom is -0.379 e. The molecule has 1 saturated heterocycles. The third-order valence-corrected chi connectivity index (χ3v) is 7.86. The number of pyridine rings is 1. The second-order valence-electron chi connectivity index (χ2n) is 10.3. The molecule has 2 aromatic rings. The van der Waals surface area contributed by atoms with Crippen LogP contribution in [0.25, 0.3) is 5.52 Å². The summed E-state index contributed by atoms with van der Waals surface area (Å²) < 4.78 is 45.5. The maximum atomic E-state index is 13.7. The molecule has 5 unspecified atom stereocenters. The first kappa shape index (κ1) is 27.9. The third-order valence-electron chi connectivity index (χ3n) is 7.86. The fourth-order valence-electron chi connectivity index (χ4n) is 5.53. The summed E-state index contributed by atoms with van der Waals surface area (Å²) in [7, 11) is 1.19. The zero-order valence-electron chi connectivity index (χ0n) is 21.6. The number of terminal acetylenes is 1. The molecule has 39 heavy (non-hydrogen) atoms. The lowest BCUT2D eigenvalue weighted by molar-refractivity contribution is -0.176. The molecule has 3 amide bonds. The summed E-state index contributed by atoms with van der Waals surface area (Å²) in [5, 5.41) is 18.5.